The zero-order valence-electron chi connectivity index (χ0n) is 17.8. The van der Waals surface area contributed by atoms with Crippen molar-refractivity contribution >= 4 is 15.7 Å². The highest BCUT2D eigenvalue weighted by Crippen LogP contribution is 2.44. The minimum atomic E-state index is -5.71. The number of aromatic nitrogens is 1. The monoisotopic (exact) mass is 496 g/mol. The molecule has 180 valence electrons. The lowest BCUT2D eigenvalue weighted by Crippen LogP contribution is -2.30. The van der Waals surface area contributed by atoms with Crippen LogP contribution in [0.3, 0.4) is 0 Å². The lowest BCUT2D eigenvalue weighted by Gasteiger charge is -2.34. The SMILES string of the molecule is CC(c1ccccn1)[C@@H]1COc2cc(-c3cc(F)ccc3NS(=O)(=O)C(F)(F)F)ccc2C1O. The number of hydrogen-bond donors (Lipinski definition) is 2. The number of alkyl halides is 3. The van der Waals surface area contributed by atoms with E-state index in [0.717, 1.165) is 23.9 Å². The second-order valence-corrected chi connectivity index (χ2v) is 9.63. The molecule has 1 aliphatic rings. The van der Waals surface area contributed by atoms with E-state index in [1.54, 1.807) is 12.3 Å². The molecule has 0 radical (unpaired) electrons. The normalized spacial score (nSPS) is 19.1. The molecule has 0 saturated heterocycles. The molecule has 1 aliphatic heterocycles. The summed E-state index contributed by atoms with van der Waals surface area (Å²) in [4.78, 5) is 4.32. The summed E-state index contributed by atoms with van der Waals surface area (Å²) in [5.74, 6) is -0.941. The molecule has 3 aromatic rings. The number of rotatable bonds is 5. The molecule has 2 heterocycles. The number of anilines is 1. The van der Waals surface area contributed by atoms with Gasteiger partial charge in [-0.25, -0.2) is 4.39 Å². The highest BCUT2D eigenvalue weighted by atomic mass is 32.2. The molecule has 0 spiro atoms. The summed E-state index contributed by atoms with van der Waals surface area (Å²) in [6.07, 6.45) is 0.747. The number of nitrogens with zero attached hydrogens (tertiary/aromatic N) is 1. The van der Waals surface area contributed by atoms with Gasteiger partial charge in [-0.3, -0.25) is 9.71 Å². The van der Waals surface area contributed by atoms with Crippen molar-refractivity contribution in [2.45, 2.75) is 24.5 Å². The van der Waals surface area contributed by atoms with Crippen LogP contribution in [0.5, 0.6) is 5.75 Å². The Morgan fingerprint density at radius 2 is 1.91 bits per heavy atom. The molecule has 0 saturated carbocycles. The number of fused-ring (bicyclic) bond motifs is 1. The number of halogens is 4. The van der Waals surface area contributed by atoms with Crippen molar-refractivity contribution in [3.63, 3.8) is 0 Å². The van der Waals surface area contributed by atoms with Gasteiger partial charge in [0, 0.05) is 34.9 Å². The third-order valence-corrected chi connectivity index (χ3v) is 6.91. The third-order valence-electron chi connectivity index (χ3n) is 5.81. The maximum absolute atomic E-state index is 13.9. The summed E-state index contributed by atoms with van der Waals surface area (Å²) in [7, 11) is -5.71. The maximum Gasteiger partial charge on any atom is 0.516 e. The van der Waals surface area contributed by atoms with E-state index in [0.29, 0.717) is 5.56 Å². The highest BCUT2D eigenvalue weighted by Gasteiger charge is 2.46. The molecule has 0 amide bonds. The topological polar surface area (TPSA) is 88.5 Å². The van der Waals surface area contributed by atoms with Crippen LogP contribution in [0.4, 0.5) is 23.2 Å². The Hall–Kier alpha value is -3.18. The van der Waals surface area contributed by atoms with E-state index >= 15 is 0 Å². The second-order valence-electron chi connectivity index (χ2n) is 7.96. The van der Waals surface area contributed by atoms with Gasteiger partial charge >= 0.3 is 15.5 Å². The number of benzene rings is 2. The zero-order valence-corrected chi connectivity index (χ0v) is 18.6. The van der Waals surface area contributed by atoms with Crippen LogP contribution >= 0.6 is 0 Å². The lowest BCUT2D eigenvalue weighted by molar-refractivity contribution is -0.0429. The van der Waals surface area contributed by atoms with Gasteiger partial charge in [-0.15, -0.1) is 0 Å². The first-order chi connectivity index (χ1) is 16.0. The molecule has 11 heteroatoms. The van der Waals surface area contributed by atoms with E-state index < -0.39 is 33.1 Å². The van der Waals surface area contributed by atoms with E-state index in [1.807, 2.05) is 19.1 Å². The van der Waals surface area contributed by atoms with Gasteiger partial charge in [-0.1, -0.05) is 25.1 Å². The molecule has 1 aromatic heterocycles. The summed E-state index contributed by atoms with van der Waals surface area (Å²) in [5, 5.41) is 11.0. The Bertz CT molecular complexity index is 1300. The van der Waals surface area contributed by atoms with Gasteiger partial charge in [0.2, 0.25) is 0 Å². The van der Waals surface area contributed by atoms with Crippen LogP contribution in [-0.2, 0) is 10.0 Å². The molecule has 0 aliphatic carbocycles. The molecule has 4 rings (SSSR count). The number of sulfonamides is 1. The predicted octanol–water partition coefficient (Wildman–Crippen LogP) is 4.99. The summed E-state index contributed by atoms with van der Waals surface area (Å²) in [6, 6.07) is 12.6. The van der Waals surface area contributed by atoms with Gasteiger partial charge in [-0.2, -0.15) is 21.6 Å². The average Bonchev–Trinajstić information content (AvgIpc) is 2.79. The van der Waals surface area contributed by atoms with Crippen LogP contribution in [0.15, 0.2) is 60.8 Å². The van der Waals surface area contributed by atoms with Gasteiger partial charge < -0.3 is 9.84 Å². The minimum absolute atomic E-state index is 0.113. The van der Waals surface area contributed by atoms with Crippen LogP contribution in [-0.4, -0.2) is 30.6 Å². The smallest absolute Gasteiger partial charge is 0.493 e. The van der Waals surface area contributed by atoms with Crippen molar-refractivity contribution in [3.8, 4) is 16.9 Å². The van der Waals surface area contributed by atoms with Gasteiger partial charge in [-0.05, 0) is 42.0 Å². The Kier molecular flexibility index (Phi) is 6.26. The van der Waals surface area contributed by atoms with E-state index in [2.05, 4.69) is 4.98 Å². The highest BCUT2D eigenvalue weighted by molar-refractivity contribution is 7.93. The van der Waals surface area contributed by atoms with E-state index in [9.17, 15) is 31.1 Å². The predicted molar refractivity (Wildman–Crippen MR) is 117 cm³/mol. The first-order valence-corrected chi connectivity index (χ1v) is 11.7. The molecule has 6 nitrogen and oxygen atoms in total. The summed E-state index contributed by atoms with van der Waals surface area (Å²) in [6.45, 7) is 2.07. The van der Waals surface area contributed by atoms with Gasteiger partial charge in [0.1, 0.15) is 11.6 Å². The molecule has 3 atom stereocenters. The summed E-state index contributed by atoms with van der Waals surface area (Å²) in [5.41, 5.74) is -4.65. The van der Waals surface area contributed by atoms with Gasteiger partial charge in [0.15, 0.2) is 0 Å². The van der Waals surface area contributed by atoms with E-state index in [1.165, 1.54) is 22.9 Å². The quantitative estimate of drug-likeness (QED) is 0.486. The lowest BCUT2D eigenvalue weighted by atomic mass is 9.82. The number of nitrogens with one attached hydrogen (secondary N) is 1. The largest absolute Gasteiger partial charge is 0.516 e. The van der Waals surface area contributed by atoms with Crippen molar-refractivity contribution in [2.24, 2.45) is 5.92 Å². The Morgan fingerprint density at radius 1 is 1.15 bits per heavy atom. The minimum Gasteiger partial charge on any atom is -0.493 e. The summed E-state index contributed by atoms with van der Waals surface area (Å²) < 4.78 is 83.0. The molecular weight excluding hydrogens is 476 g/mol. The fourth-order valence-corrected chi connectivity index (χ4v) is 4.49. The molecule has 0 bridgehead atoms. The van der Waals surface area contributed by atoms with Crippen molar-refractivity contribution in [3.05, 3.63) is 77.9 Å². The first-order valence-electron chi connectivity index (χ1n) is 10.2. The van der Waals surface area contributed by atoms with Crippen LogP contribution < -0.4 is 9.46 Å². The second kappa shape index (κ2) is 8.88. The van der Waals surface area contributed by atoms with Crippen molar-refractivity contribution < 1.29 is 35.8 Å². The van der Waals surface area contributed by atoms with Crippen LogP contribution in [0, 0.1) is 11.7 Å². The Balaban J connectivity index is 1.67. The molecule has 0 fully saturated rings. The Morgan fingerprint density at radius 3 is 2.59 bits per heavy atom. The third kappa shape index (κ3) is 4.58. The van der Waals surface area contributed by atoms with Gasteiger partial charge in [0.25, 0.3) is 0 Å². The molecule has 2 unspecified atom stereocenters. The molecule has 34 heavy (non-hydrogen) atoms. The Labute approximate surface area is 193 Å². The van der Waals surface area contributed by atoms with E-state index in [-0.39, 0.29) is 35.3 Å². The van der Waals surface area contributed by atoms with Crippen molar-refractivity contribution in [2.75, 3.05) is 11.3 Å². The maximum atomic E-state index is 13.9. The fraction of sp³-hybridized carbons (Fsp3) is 0.261. The van der Waals surface area contributed by atoms with Crippen molar-refractivity contribution in [1.29, 1.82) is 0 Å². The van der Waals surface area contributed by atoms with E-state index in [4.69, 9.17) is 4.74 Å². The van der Waals surface area contributed by atoms with Crippen LogP contribution in [0.1, 0.15) is 30.2 Å². The fourth-order valence-electron chi connectivity index (χ4n) is 3.91. The molecular formula is C23H20F4N2O4S. The first kappa shape index (κ1) is 24.0. The van der Waals surface area contributed by atoms with Gasteiger partial charge in [0.05, 0.1) is 18.4 Å². The average molecular weight is 496 g/mol. The number of ether oxygens (including phenoxy) is 1. The number of pyridine rings is 1. The number of hydrogen-bond acceptors (Lipinski definition) is 5. The zero-order chi connectivity index (χ0) is 24.7. The summed E-state index contributed by atoms with van der Waals surface area (Å²) >= 11 is 0. The number of aliphatic hydroxyl groups excluding tert-OH is 1. The van der Waals surface area contributed by atoms with Crippen LogP contribution in [0.25, 0.3) is 11.1 Å². The molecule has 2 aromatic carbocycles. The number of aliphatic hydroxyl groups is 1. The van der Waals surface area contributed by atoms with Crippen LogP contribution in [0.2, 0.25) is 0 Å². The molecule has 2 N–H and O–H groups in total. The standard InChI is InChI=1S/C23H20F4N2O4S/c1-13(19-4-2-3-9-28-19)18-12-33-21-10-14(5-7-16(21)22(18)30)17-11-15(24)6-8-20(17)29-34(31,32)23(25,26)27/h2-11,13,18,22,29-30H,12H2,1H3/t13?,18-,22?/m0/s1. The van der Waals surface area contributed by atoms with Crippen molar-refractivity contribution in [1.82, 2.24) is 4.98 Å².